The third kappa shape index (κ3) is 1.90. The first-order chi connectivity index (χ1) is 6.79. The summed E-state index contributed by atoms with van der Waals surface area (Å²) in [6.45, 7) is 4.19. The maximum atomic E-state index is 4.47. The number of aromatic nitrogens is 1. The Bertz CT molecular complexity index is 451. The molecule has 1 nitrogen and oxygen atoms in total. The van der Waals surface area contributed by atoms with Crippen molar-refractivity contribution in [1.29, 1.82) is 0 Å². The second-order valence-corrected chi connectivity index (χ2v) is 4.58. The van der Waals surface area contributed by atoms with Gasteiger partial charge in [0.2, 0.25) is 0 Å². The maximum absolute atomic E-state index is 4.47. The molecule has 0 saturated heterocycles. The van der Waals surface area contributed by atoms with Gasteiger partial charge in [0, 0.05) is 16.0 Å². The second kappa shape index (κ2) is 4.01. The number of fused-ring (bicyclic) bond motifs is 1. The van der Waals surface area contributed by atoms with Gasteiger partial charge in [-0.15, -0.1) is 11.8 Å². The van der Waals surface area contributed by atoms with Gasteiger partial charge < -0.3 is 0 Å². The molecule has 72 valence electrons. The molecule has 0 fully saturated rings. The molecule has 0 saturated carbocycles. The van der Waals surface area contributed by atoms with Crippen LogP contribution in [0.25, 0.3) is 10.9 Å². The van der Waals surface area contributed by atoms with Gasteiger partial charge >= 0.3 is 0 Å². The minimum Gasteiger partial charge on any atom is -0.253 e. The van der Waals surface area contributed by atoms with E-state index in [1.807, 2.05) is 18.7 Å². The van der Waals surface area contributed by atoms with Crippen LogP contribution in [0.2, 0.25) is 0 Å². The van der Waals surface area contributed by atoms with Gasteiger partial charge in [-0.1, -0.05) is 13.0 Å². The maximum Gasteiger partial charge on any atom is 0.0705 e. The van der Waals surface area contributed by atoms with Crippen molar-refractivity contribution in [1.82, 2.24) is 4.98 Å². The first-order valence-corrected chi connectivity index (χ1v) is 5.78. The minimum atomic E-state index is 1.08. The highest BCUT2D eigenvalue weighted by Gasteiger charge is 1.97. The van der Waals surface area contributed by atoms with Gasteiger partial charge in [0.1, 0.15) is 0 Å². The zero-order valence-corrected chi connectivity index (χ0v) is 9.27. The average molecular weight is 203 g/mol. The van der Waals surface area contributed by atoms with Gasteiger partial charge in [0.25, 0.3) is 0 Å². The Morgan fingerprint density at radius 3 is 2.86 bits per heavy atom. The number of thioether (sulfide) groups is 1. The van der Waals surface area contributed by atoms with Crippen LogP contribution in [0.5, 0.6) is 0 Å². The van der Waals surface area contributed by atoms with Gasteiger partial charge in [0.05, 0.1) is 5.52 Å². The number of hydrogen-bond donors (Lipinski definition) is 0. The molecule has 2 aromatic rings. The topological polar surface area (TPSA) is 12.9 Å². The van der Waals surface area contributed by atoms with E-state index in [0.29, 0.717) is 0 Å². The molecule has 0 unspecified atom stereocenters. The van der Waals surface area contributed by atoms with E-state index in [1.54, 1.807) is 0 Å². The van der Waals surface area contributed by atoms with Crippen LogP contribution in [0.1, 0.15) is 12.6 Å². The minimum absolute atomic E-state index is 1.08. The first-order valence-electron chi connectivity index (χ1n) is 4.80. The summed E-state index contributed by atoms with van der Waals surface area (Å²) >= 11 is 1.87. The molecule has 0 amide bonds. The molecule has 0 bridgehead atoms. The molecule has 0 spiro atoms. The van der Waals surface area contributed by atoms with E-state index < -0.39 is 0 Å². The van der Waals surface area contributed by atoms with Gasteiger partial charge in [-0.25, -0.2) is 0 Å². The summed E-state index contributed by atoms with van der Waals surface area (Å²) in [5, 5.41) is 1.23. The summed E-state index contributed by atoms with van der Waals surface area (Å²) < 4.78 is 0. The highest BCUT2D eigenvalue weighted by atomic mass is 32.2. The molecule has 1 aromatic heterocycles. The highest BCUT2D eigenvalue weighted by molar-refractivity contribution is 7.99. The molecular weight excluding hydrogens is 190 g/mol. The third-order valence-electron chi connectivity index (χ3n) is 2.11. The largest absolute Gasteiger partial charge is 0.253 e. The molecule has 1 aromatic carbocycles. The van der Waals surface area contributed by atoms with Crippen LogP contribution in [0.15, 0.2) is 35.2 Å². The summed E-state index contributed by atoms with van der Waals surface area (Å²) in [4.78, 5) is 5.79. The lowest BCUT2D eigenvalue weighted by molar-refractivity contribution is 1.25. The Morgan fingerprint density at radius 2 is 2.07 bits per heavy atom. The summed E-state index contributed by atoms with van der Waals surface area (Å²) in [6, 6.07) is 10.6. The molecule has 2 heteroatoms. The molecule has 2 rings (SSSR count). The fourth-order valence-electron chi connectivity index (χ4n) is 1.46. The van der Waals surface area contributed by atoms with Crippen LogP contribution in [0.4, 0.5) is 0 Å². The zero-order valence-electron chi connectivity index (χ0n) is 8.45. The van der Waals surface area contributed by atoms with Crippen LogP contribution in [0, 0.1) is 6.92 Å². The molecule has 0 aliphatic rings. The van der Waals surface area contributed by atoms with Crippen molar-refractivity contribution in [2.24, 2.45) is 0 Å². The molecular formula is C12H13NS. The third-order valence-corrected chi connectivity index (χ3v) is 2.99. The van der Waals surface area contributed by atoms with Crippen molar-refractivity contribution < 1.29 is 0 Å². The van der Waals surface area contributed by atoms with Crippen LogP contribution in [0.3, 0.4) is 0 Å². The number of nitrogens with zero attached hydrogens (tertiary/aromatic N) is 1. The summed E-state index contributed by atoms with van der Waals surface area (Å²) in [5.41, 5.74) is 2.17. The fourth-order valence-corrected chi connectivity index (χ4v) is 2.17. The normalized spacial score (nSPS) is 10.7. The Labute approximate surface area is 88.6 Å². The Balaban J connectivity index is 2.50. The molecule has 0 radical (unpaired) electrons. The van der Waals surface area contributed by atoms with Crippen molar-refractivity contribution in [3.05, 3.63) is 36.0 Å². The Hall–Kier alpha value is -1.02. The summed E-state index contributed by atoms with van der Waals surface area (Å²) in [6.07, 6.45) is 0. The van der Waals surface area contributed by atoms with Crippen molar-refractivity contribution in [2.75, 3.05) is 5.75 Å². The zero-order chi connectivity index (χ0) is 9.97. The highest BCUT2D eigenvalue weighted by Crippen LogP contribution is 2.22. The quantitative estimate of drug-likeness (QED) is 0.691. The predicted octanol–water partition coefficient (Wildman–Crippen LogP) is 3.66. The molecule has 1 heterocycles. The molecule has 0 aliphatic carbocycles. The van der Waals surface area contributed by atoms with Gasteiger partial charge in [-0.05, 0) is 36.9 Å². The van der Waals surface area contributed by atoms with Gasteiger partial charge in [0.15, 0.2) is 0 Å². The summed E-state index contributed by atoms with van der Waals surface area (Å²) in [5.74, 6) is 1.12. The number of benzene rings is 1. The van der Waals surface area contributed by atoms with Gasteiger partial charge in [-0.2, -0.15) is 0 Å². The monoisotopic (exact) mass is 203 g/mol. The molecule has 0 atom stereocenters. The van der Waals surface area contributed by atoms with Crippen molar-refractivity contribution >= 4 is 22.7 Å². The predicted molar refractivity (Wildman–Crippen MR) is 62.9 cm³/mol. The van der Waals surface area contributed by atoms with Crippen molar-refractivity contribution in [3.63, 3.8) is 0 Å². The second-order valence-electron chi connectivity index (χ2n) is 3.24. The molecule has 0 aliphatic heterocycles. The van der Waals surface area contributed by atoms with E-state index in [-0.39, 0.29) is 0 Å². The van der Waals surface area contributed by atoms with Crippen LogP contribution >= 0.6 is 11.8 Å². The standard InChI is InChI=1S/C12H13NS/c1-3-14-11-6-7-12-10(8-11)5-4-9(2)13-12/h4-8H,3H2,1-2H3. The fraction of sp³-hybridized carbons (Fsp3) is 0.250. The van der Waals surface area contributed by atoms with E-state index in [0.717, 1.165) is 17.0 Å². The van der Waals surface area contributed by atoms with Crippen molar-refractivity contribution in [3.8, 4) is 0 Å². The SMILES string of the molecule is CCSc1ccc2nc(C)ccc2c1. The average Bonchev–Trinajstić information content (AvgIpc) is 2.19. The smallest absolute Gasteiger partial charge is 0.0705 e. The molecule has 0 N–H and O–H groups in total. The summed E-state index contributed by atoms with van der Waals surface area (Å²) in [7, 11) is 0. The van der Waals surface area contributed by atoms with Gasteiger partial charge in [-0.3, -0.25) is 4.98 Å². The van der Waals surface area contributed by atoms with E-state index in [9.17, 15) is 0 Å². The van der Waals surface area contributed by atoms with E-state index in [1.165, 1.54) is 10.3 Å². The number of pyridine rings is 1. The first kappa shape index (κ1) is 9.53. The van der Waals surface area contributed by atoms with E-state index >= 15 is 0 Å². The number of hydrogen-bond acceptors (Lipinski definition) is 2. The van der Waals surface area contributed by atoms with Crippen molar-refractivity contribution in [2.45, 2.75) is 18.7 Å². The number of aryl methyl sites for hydroxylation is 1. The van der Waals surface area contributed by atoms with Crippen LogP contribution in [-0.2, 0) is 0 Å². The van der Waals surface area contributed by atoms with Crippen LogP contribution in [-0.4, -0.2) is 10.7 Å². The lowest BCUT2D eigenvalue weighted by Crippen LogP contribution is -1.83. The Morgan fingerprint density at radius 1 is 1.21 bits per heavy atom. The van der Waals surface area contributed by atoms with Crippen LogP contribution < -0.4 is 0 Å². The lowest BCUT2D eigenvalue weighted by atomic mass is 10.2. The Kier molecular flexibility index (Phi) is 2.73. The molecule has 14 heavy (non-hydrogen) atoms. The van der Waals surface area contributed by atoms with E-state index in [2.05, 4.69) is 42.2 Å². The lowest BCUT2D eigenvalue weighted by Gasteiger charge is -2.02. The van der Waals surface area contributed by atoms with E-state index in [4.69, 9.17) is 0 Å². The number of rotatable bonds is 2.